The zero-order valence-corrected chi connectivity index (χ0v) is 14.9. The highest BCUT2D eigenvalue weighted by molar-refractivity contribution is 8.01. The fraction of sp³-hybridized carbons (Fsp3) is 0.278. The highest BCUT2D eigenvalue weighted by atomic mass is 32.2. The lowest BCUT2D eigenvalue weighted by molar-refractivity contribution is -0.149. The number of furan rings is 1. The molecule has 2 atom stereocenters. The van der Waals surface area contributed by atoms with E-state index in [1.807, 2.05) is 18.2 Å². The van der Waals surface area contributed by atoms with Crippen LogP contribution in [-0.2, 0) is 19.1 Å². The lowest BCUT2D eigenvalue weighted by Gasteiger charge is -2.23. The molecule has 0 spiro atoms. The monoisotopic (exact) mass is 374 g/mol. The smallest absolute Gasteiger partial charge is 0.307 e. The summed E-state index contributed by atoms with van der Waals surface area (Å²) in [5.74, 6) is -0.675. The third kappa shape index (κ3) is 4.45. The number of carbonyl (C=O) groups is 3. The predicted molar refractivity (Wildman–Crippen MR) is 95.6 cm³/mol. The summed E-state index contributed by atoms with van der Waals surface area (Å²) in [5, 5.41) is 4.85. The molecule has 26 heavy (non-hydrogen) atoms. The van der Waals surface area contributed by atoms with Crippen molar-refractivity contribution in [1.29, 1.82) is 0 Å². The molecule has 0 fully saturated rings. The van der Waals surface area contributed by atoms with Crippen LogP contribution in [0, 0.1) is 0 Å². The Balaban J connectivity index is 1.45. The van der Waals surface area contributed by atoms with Crippen LogP contribution in [0.1, 0.15) is 25.1 Å². The van der Waals surface area contributed by atoms with Crippen molar-refractivity contribution >= 4 is 35.2 Å². The van der Waals surface area contributed by atoms with Gasteiger partial charge in [-0.1, -0.05) is 12.1 Å². The first-order chi connectivity index (χ1) is 12.5. The van der Waals surface area contributed by atoms with Crippen molar-refractivity contribution in [2.45, 2.75) is 29.5 Å². The van der Waals surface area contributed by atoms with Crippen LogP contribution in [0.4, 0.5) is 5.69 Å². The summed E-state index contributed by atoms with van der Waals surface area (Å²) < 4.78 is 10.2. The summed E-state index contributed by atoms with van der Waals surface area (Å²) >= 11 is 1.31. The molecule has 3 rings (SSSR count). The molecule has 136 valence electrons. The van der Waals surface area contributed by atoms with E-state index >= 15 is 0 Å². The summed E-state index contributed by atoms with van der Waals surface area (Å²) in [4.78, 5) is 36.8. The fourth-order valence-electron chi connectivity index (χ4n) is 2.48. The highest BCUT2D eigenvalue weighted by Gasteiger charge is 2.29. The van der Waals surface area contributed by atoms with Crippen LogP contribution in [0.15, 0.2) is 52.0 Å². The zero-order valence-electron chi connectivity index (χ0n) is 14.1. The van der Waals surface area contributed by atoms with Crippen molar-refractivity contribution < 1.29 is 23.5 Å². The molecule has 0 bridgehead atoms. The Morgan fingerprint density at radius 3 is 2.88 bits per heavy atom. The molecule has 8 heteroatoms. The molecule has 2 aromatic rings. The molecule has 1 aliphatic rings. The molecule has 0 unspecified atom stereocenters. The van der Waals surface area contributed by atoms with E-state index in [9.17, 15) is 14.4 Å². The maximum atomic E-state index is 12.1. The number of esters is 1. The van der Waals surface area contributed by atoms with Crippen molar-refractivity contribution in [2.75, 3.05) is 11.9 Å². The Morgan fingerprint density at radius 2 is 2.12 bits per heavy atom. The van der Waals surface area contributed by atoms with Gasteiger partial charge in [0.25, 0.3) is 5.91 Å². The van der Waals surface area contributed by atoms with Gasteiger partial charge < -0.3 is 19.8 Å². The van der Waals surface area contributed by atoms with E-state index in [1.165, 1.54) is 18.0 Å². The summed E-state index contributed by atoms with van der Waals surface area (Å²) in [7, 11) is 0. The number of rotatable bonds is 6. The molecular weight excluding hydrogens is 356 g/mol. The maximum absolute atomic E-state index is 12.1. The van der Waals surface area contributed by atoms with Crippen LogP contribution in [0.25, 0.3) is 0 Å². The fourth-order valence-corrected chi connectivity index (χ4v) is 3.57. The molecular formula is C18H18N2O5S. The van der Waals surface area contributed by atoms with Gasteiger partial charge in [-0.15, -0.1) is 11.8 Å². The van der Waals surface area contributed by atoms with Gasteiger partial charge in [-0.2, -0.15) is 0 Å². The molecule has 0 radical (unpaired) electrons. The lowest BCUT2D eigenvalue weighted by atomic mass is 10.2. The van der Waals surface area contributed by atoms with Crippen LogP contribution in [0.5, 0.6) is 0 Å². The minimum Gasteiger partial charge on any atom is -0.467 e. The third-order valence-corrected chi connectivity index (χ3v) is 5.05. The molecule has 1 aliphatic heterocycles. The van der Waals surface area contributed by atoms with Crippen molar-refractivity contribution in [1.82, 2.24) is 5.32 Å². The average Bonchev–Trinajstić information content (AvgIpc) is 3.15. The van der Waals surface area contributed by atoms with Gasteiger partial charge in [-0.05, 0) is 31.2 Å². The van der Waals surface area contributed by atoms with Gasteiger partial charge in [0.15, 0.2) is 6.61 Å². The first-order valence-corrected chi connectivity index (χ1v) is 8.96. The second kappa shape index (κ2) is 8.09. The number of thioether (sulfide) groups is 1. The number of para-hydroxylation sites is 1. The normalized spacial score (nSPS) is 17.0. The molecule has 2 amide bonds. The Hall–Kier alpha value is -2.74. The van der Waals surface area contributed by atoms with Gasteiger partial charge in [-0.3, -0.25) is 14.4 Å². The topological polar surface area (TPSA) is 97.6 Å². The summed E-state index contributed by atoms with van der Waals surface area (Å²) in [6.45, 7) is 1.36. The van der Waals surface area contributed by atoms with E-state index in [0.717, 1.165) is 10.6 Å². The van der Waals surface area contributed by atoms with Gasteiger partial charge in [0.2, 0.25) is 5.91 Å². The second-order valence-corrected chi connectivity index (χ2v) is 7.01. The quantitative estimate of drug-likeness (QED) is 0.754. The van der Waals surface area contributed by atoms with E-state index in [4.69, 9.17) is 9.15 Å². The second-order valence-electron chi connectivity index (χ2n) is 5.76. The van der Waals surface area contributed by atoms with Crippen LogP contribution >= 0.6 is 11.8 Å². The number of anilines is 1. The molecule has 2 N–H and O–H groups in total. The Bertz CT molecular complexity index is 806. The van der Waals surface area contributed by atoms with Crippen molar-refractivity contribution in [3.8, 4) is 0 Å². The molecule has 2 heterocycles. The number of hydrogen-bond acceptors (Lipinski definition) is 6. The van der Waals surface area contributed by atoms with Gasteiger partial charge in [0.1, 0.15) is 5.76 Å². The first-order valence-electron chi connectivity index (χ1n) is 8.08. The summed E-state index contributed by atoms with van der Waals surface area (Å²) in [6.07, 6.45) is 1.41. The zero-order chi connectivity index (χ0) is 18.5. The van der Waals surface area contributed by atoms with Crippen LogP contribution < -0.4 is 10.6 Å². The van der Waals surface area contributed by atoms with E-state index in [-0.39, 0.29) is 18.4 Å². The van der Waals surface area contributed by atoms with Crippen LogP contribution in [0.2, 0.25) is 0 Å². The van der Waals surface area contributed by atoms with Gasteiger partial charge in [0.05, 0.1) is 29.7 Å². The number of amides is 2. The molecule has 1 aromatic heterocycles. The molecule has 7 nitrogen and oxygen atoms in total. The minimum atomic E-state index is -0.599. The molecule has 0 saturated carbocycles. The van der Waals surface area contributed by atoms with E-state index in [1.54, 1.807) is 25.1 Å². The SMILES string of the molecule is C[C@@H](NC(=O)COC(=O)C[C@@H]1Sc2ccccc2NC1=O)c1ccco1. The summed E-state index contributed by atoms with van der Waals surface area (Å²) in [5.41, 5.74) is 0.735. The van der Waals surface area contributed by atoms with E-state index < -0.39 is 23.7 Å². The lowest BCUT2D eigenvalue weighted by Crippen LogP contribution is -2.33. The van der Waals surface area contributed by atoms with Gasteiger partial charge >= 0.3 is 5.97 Å². The van der Waals surface area contributed by atoms with Crippen molar-refractivity contribution in [2.24, 2.45) is 0 Å². The molecule has 0 saturated heterocycles. The summed E-state index contributed by atoms with van der Waals surface area (Å²) in [6, 6.07) is 10.5. The Labute approximate surface area is 154 Å². The van der Waals surface area contributed by atoms with E-state index in [2.05, 4.69) is 10.6 Å². The average molecular weight is 374 g/mol. The maximum Gasteiger partial charge on any atom is 0.307 e. The number of nitrogens with one attached hydrogen (secondary N) is 2. The Morgan fingerprint density at radius 1 is 1.31 bits per heavy atom. The molecule has 1 aromatic carbocycles. The van der Waals surface area contributed by atoms with Crippen LogP contribution in [0.3, 0.4) is 0 Å². The third-order valence-electron chi connectivity index (χ3n) is 3.77. The van der Waals surface area contributed by atoms with Crippen LogP contribution in [-0.4, -0.2) is 29.6 Å². The molecule has 0 aliphatic carbocycles. The number of fused-ring (bicyclic) bond motifs is 1. The number of benzene rings is 1. The van der Waals surface area contributed by atoms with Crippen molar-refractivity contribution in [3.63, 3.8) is 0 Å². The van der Waals surface area contributed by atoms with Gasteiger partial charge in [0, 0.05) is 4.90 Å². The standard InChI is InChI=1S/C18H18N2O5S/c1-11(13-6-4-8-24-13)19-16(21)10-25-17(22)9-15-18(23)20-12-5-2-3-7-14(12)26-15/h2-8,11,15H,9-10H2,1H3,(H,19,21)(H,20,23)/t11-,15+/m1/s1. The number of carbonyl (C=O) groups excluding carboxylic acids is 3. The number of hydrogen-bond donors (Lipinski definition) is 2. The van der Waals surface area contributed by atoms with Crippen molar-refractivity contribution in [3.05, 3.63) is 48.4 Å². The van der Waals surface area contributed by atoms with Gasteiger partial charge in [-0.25, -0.2) is 0 Å². The first kappa shape index (κ1) is 18.1. The predicted octanol–water partition coefficient (Wildman–Crippen LogP) is 2.50. The minimum absolute atomic E-state index is 0.105. The largest absolute Gasteiger partial charge is 0.467 e. The number of ether oxygens (including phenoxy) is 1. The Kier molecular flexibility index (Phi) is 5.62. The van der Waals surface area contributed by atoms with E-state index in [0.29, 0.717) is 5.76 Å². The highest BCUT2D eigenvalue weighted by Crippen LogP contribution is 2.36.